The fourth-order valence-corrected chi connectivity index (χ4v) is 6.44. The van der Waals surface area contributed by atoms with Gasteiger partial charge in [0.1, 0.15) is 5.75 Å². The van der Waals surface area contributed by atoms with Gasteiger partial charge in [0.05, 0.1) is 32.3 Å². The average molecular weight is 691 g/mol. The Bertz CT molecular complexity index is 2270. The SMILES string of the molecule is Nc1nc2nc3c1nc(O)n3Cc1cc(cc(Nc3nc4nc5c3nc(O)n5Cc3cccc(c3)OCCCCN4)c1)C/C=C/CCC(CO)N2. The van der Waals surface area contributed by atoms with E-state index in [1.54, 1.807) is 9.13 Å². The lowest BCUT2D eigenvalue weighted by Gasteiger charge is -2.16. The molecule has 0 aliphatic carbocycles. The molecule has 2 aliphatic rings. The predicted octanol–water partition coefficient (Wildman–Crippen LogP) is 4.05. The lowest BCUT2D eigenvalue weighted by molar-refractivity contribution is 0.269. The molecule has 6 aromatic rings. The van der Waals surface area contributed by atoms with Crippen LogP contribution in [0, 0.1) is 0 Å². The highest BCUT2D eigenvalue weighted by Crippen LogP contribution is 2.32. The van der Waals surface area contributed by atoms with Crippen molar-refractivity contribution in [2.75, 3.05) is 41.4 Å². The molecule has 0 fully saturated rings. The molecule has 16 nitrogen and oxygen atoms in total. The number of rotatable bonds is 3. The van der Waals surface area contributed by atoms with Gasteiger partial charge in [0, 0.05) is 12.2 Å². The molecule has 8 rings (SSSR count). The number of aliphatic hydroxyl groups excluding tert-OH is 1. The van der Waals surface area contributed by atoms with Gasteiger partial charge in [0.15, 0.2) is 34.0 Å². The minimum Gasteiger partial charge on any atom is -0.494 e. The normalized spacial score (nSPS) is 17.2. The van der Waals surface area contributed by atoms with Crippen molar-refractivity contribution >= 4 is 51.5 Å². The number of aromatic nitrogens is 8. The summed E-state index contributed by atoms with van der Waals surface area (Å²) < 4.78 is 9.18. The lowest BCUT2D eigenvalue weighted by Crippen LogP contribution is -2.25. The van der Waals surface area contributed by atoms with Gasteiger partial charge in [-0.25, -0.2) is 0 Å². The van der Waals surface area contributed by atoms with Gasteiger partial charge in [-0.2, -0.15) is 29.9 Å². The first-order chi connectivity index (χ1) is 24.9. The van der Waals surface area contributed by atoms with E-state index in [1.165, 1.54) is 0 Å². The van der Waals surface area contributed by atoms with Crippen LogP contribution in [0.2, 0.25) is 0 Å². The maximum absolute atomic E-state index is 11.1. The summed E-state index contributed by atoms with van der Waals surface area (Å²) in [5.74, 6) is 1.96. The topological polar surface area (TPSA) is 219 Å². The van der Waals surface area contributed by atoms with E-state index < -0.39 is 0 Å². The quantitative estimate of drug-likeness (QED) is 0.130. The number of benzene rings is 2. The summed E-state index contributed by atoms with van der Waals surface area (Å²) in [5, 5.41) is 42.0. The molecule has 2 aliphatic heterocycles. The number of ether oxygens (including phenoxy) is 1. The summed E-state index contributed by atoms with van der Waals surface area (Å²) >= 11 is 0. The van der Waals surface area contributed by atoms with Crippen LogP contribution in [0.5, 0.6) is 17.8 Å². The van der Waals surface area contributed by atoms with Crippen LogP contribution in [0.4, 0.5) is 29.2 Å². The number of nitrogen functional groups attached to an aromatic ring is 1. The van der Waals surface area contributed by atoms with E-state index in [0.717, 1.165) is 47.4 Å². The Balaban J connectivity index is 1.20. The molecular weight excluding hydrogens is 652 g/mol. The Morgan fingerprint density at radius 2 is 1.63 bits per heavy atom. The van der Waals surface area contributed by atoms with Crippen LogP contribution in [0.15, 0.2) is 54.6 Å². The maximum atomic E-state index is 11.1. The molecule has 2 aromatic carbocycles. The van der Waals surface area contributed by atoms with Crippen molar-refractivity contribution in [3.05, 3.63) is 71.3 Å². The smallest absolute Gasteiger partial charge is 0.296 e. The third kappa shape index (κ3) is 6.72. The average Bonchev–Trinajstić information content (AvgIpc) is 3.60. The molecule has 0 saturated carbocycles. The second kappa shape index (κ2) is 13.6. The molecule has 0 saturated heterocycles. The van der Waals surface area contributed by atoms with E-state index >= 15 is 0 Å². The standard InChI is InChI=1S/C35H38N12O4/c36-28-26-30-45-33(42-28)39-23(19-48)9-3-1-2-7-20-13-22(18-47(30)34(49)40-26)15-24(14-20)38-29-27-31-44-32(43-29)37-11-4-5-12-51-25-10-6-8-21(16-25)17-46(31)35(50)41-27/h1-2,6,8,10,13-16,23,48H,3-5,7,9,11-12,17-19H2,(H,40,49)(H,41,50)(H3,36,39,42,45)(H2,37,38,43,44)/b2-1+. The highest BCUT2D eigenvalue weighted by atomic mass is 16.5. The van der Waals surface area contributed by atoms with Crippen LogP contribution < -0.4 is 26.4 Å². The Hall–Kier alpha value is -6.16. The third-order valence-electron chi connectivity index (χ3n) is 8.95. The van der Waals surface area contributed by atoms with Crippen molar-refractivity contribution in [1.82, 2.24) is 39.0 Å². The summed E-state index contributed by atoms with van der Waals surface area (Å²) in [6.45, 7) is 1.65. The zero-order chi connectivity index (χ0) is 34.9. The molecule has 8 bridgehead atoms. The lowest BCUT2D eigenvalue weighted by atomic mass is 10.0. The van der Waals surface area contributed by atoms with Gasteiger partial charge >= 0.3 is 0 Å². The van der Waals surface area contributed by atoms with Crippen molar-refractivity contribution in [2.24, 2.45) is 0 Å². The fourth-order valence-electron chi connectivity index (χ4n) is 6.44. The van der Waals surface area contributed by atoms with E-state index in [1.807, 2.05) is 36.4 Å². The van der Waals surface area contributed by atoms with Crippen LogP contribution in [0.1, 0.15) is 42.4 Å². The number of allylic oxidation sites excluding steroid dienone is 2. The van der Waals surface area contributed by atoms with Crippen LogP contribution in [0.3, 0.4) is 0 Å². The molecule has 16 heteroatoms. The van der Waals surface area contributed by atoms with Crippen molar-refractivity contribution in [2.45, 2.75) is 51.2 Å². The summed E-state index contributed by atoms with van der Waals surface area (Å²) in [7, 11) is 0. The molecule has 1 unspecified atom stereocenters. The van der Waals surface area contributed by atoms with E-state index in [-0.39, 0.29) is 48.5 Å². The second-order valence-corrected chi connectivity index (χ2v) is 12.7. The largest absolute Gasteiger partial charge is 0.494 e. The molecule has 0 spiro atoms. The summed E-state index contributed by atoms with van der Waals surface area (Å²) in [5.41, 5.74) is 11.3. The van der Waals surface area contributed by atoms with Crippen LogP contribution >= 0.6 is 0 Å². The molecule has 6 heterocycles. The number of imidazole rings is 2. The molecule has 0 radical (unpaired) electrons. The Morgan fingerprint density at radius 3 is 2.49 bits per heavy atom. The maximum Gasteiger partial charge on any atom is 0.296 e. The first-order valence-corrected chi connectivity index (χ1v) is 17.0. The predicted molar refractivity (Wildman–Crippen MR) is 193 cm³/mol. The molecule has 51 heavy (non-hydrogen) atoms. The van der Waals surface area contributed by atoms with Gasteiger partial charge in [0.2, 0.25) is 11.9 Å². The molecular formula is C35H38N12O4. The van der Waals surface area contributed by atoms with Crippen molar-refractivity contribution in [3.8, 4) is 17.8 Å². The minimum atomic E-state index is -0.290. The van der Waals surface area contributed by atoms with Crippen molar-refractivity contribution < 1.29 is 20.1 Å². The highest BCUT2D eigenvalue weighted by molar-refractivity contribution is 5.88. The number of fused-ring (bicyclic) bond motifs is 6. The van der Waals surface area contributed by atoms with Gasteiger partial charge in [-0.05, 0) is 73.1 Å². The van der Waals surface area contributed by atoms with Gasteiger partial charge in [0.25, 0.3) is 12.0 Å². The molecule has 262 valence electrons. The summed E-state index contributed by atoms with van der Waals surface area (Å²) in [6.07, 6.45) is 7.88. The number of hydrogen-bond donors (Lipinski definition) is 7. The number of aliphatic hydroxyl groups is 1. The number of anilines is 5. The Labute approximate surface area is 292 Å². The van der Waals surface area contributed by atoms with Gasteiger partial charge in [-0.3, -0.25) is 9.13 Å². The van der Waals surface area contributed by atoms with Crippen LogP contribution in [-0.2, 0) is 19.5 Å². The monoisotopic (exact) mass is 690 g/mol. The Morgan fingerprint density at radius 1 is 0.843 bits per heavy atom. The van der Waals surface area contributed by atoms with Crippen LogP contribution in [-0.4, -0.2) is 80.2 Å². The highest BCUT2D eigenvalue weighted by Gasteiger charge is 2.21. The number of nitrogens with one attached hydrogen (secondary N) is 3. The van der Waals surface area contributed by atoms with E-state index in [0.29, 0.717) is 61.1 Å². The number of aromatic hydroxyl groups is 2. The fraction of sp³-hybridized carbons (Fsp3) is 0.314. The van der Waals surface area contributed by atoms with E-state index in [4.69, 9.17) is 20.4 Å². The second-order valence-electron chi connectivity index (χ2n) is 12.7. The zero-order valence-corrected chi connectivity index (χ0v) is 27.7. The van der Waals surface area contributed by atoms with E-state index in [2.05, 4.69) is 54.1 Å². The zero-order valence-electron chi connectivity index (χ0n) is 27.7. The van der Waals surface area contributed by atoms with Crippen molar-refractivity contribution in [3.63, 3.8) is 0 Å². The third-order valence-corrected chi connectivity index (χ3v) is 8.95. The molecule has 4 aromatic heterocycles. The van der Waals surface area contributed by atoms with Crippen LogP contribution in [0.25, 0.3) is 22.3 Å². The van der Waals surface area contributed by atoms with Crippen molar-refractivity contribution in [1.29, 1.82) is 0 Å². The minimum absolute atomic E-state index is 0.110. The number of nitrogens with two attached hydrogens (primary N) is 1. The first kappa shape index (κ1) is 32.1. The van der Waals surface area contributed by atoms with Gasteiger partial charge in [-0.15, -0.1) is 0 Å². The summed E-state index contributed by atoms with van der Waals surface area (Å²) in [4.78, 5) is 27.3. The van der Waals surface area contributed by atoms with Gasteiger partial charge < -0.3 is 41.7 Å². The molecule has 0 amide bonds. The number of hydrogen-bond acceptors (Lipinski definition) is 14. The number of nitrogens with zero attached hydrogens (tertiary/aromatic N) is 8. The Kier molecular flexibility index (Phi) is 8.57. The van der Waals surface area contributed by atoms with Gasteiger partial charge in [-0.1, -0.05) is 30.4 Å². The molecule has 8 N–H and O–H groups in total. The van der Waals surface area contributed by atoms with E-state index in [9.17, 15) is 15.3 Å². The summed E-state index contributed by atoms with van der Waals surface area (Å²) in [6, 6.07) is 13.1. The molecule has 1 atom stereocenters. The first-order valence-electron chi connectivity index (χ1n) is 17.0.